The van der Waals surface area contributed by atoms with Crippen LogP contribution in [0.2, 0.25) is 0 Å². The molecule has 4 rings (SSSR count). The van der Waals surface area contributed by atoms with Gasteiger partial charge in [0, 0.05) is 0 Å². The topological polar surface area (TPSA) is 60.8 Å². The third-order valence-electron chi connectivity index (χ3n) is 3.75. The molecule has 2 aliphatic heterocycles. The van der Waals surface area contributed by atoms with Gasteiger partial charge in [-0.15, -0.1) is 11.3 Å². The number of thioether (sulfide) groups is 1. The Morgan fingerprint density at radius 1 is 1.32 bits per heavy atom. The Morgan fingerprint density at radius 3 is 2.95 bits per heavy atom. The summed E-state index contributed by atoms with van der Waals surface area (Å²) in [5.74, 6) is -0.672. The molecule has 1 aromatic heterocycles. The highest BCUT2D eigenvalue weighted by Gasteiger charge is 2.50. The molecule has 0 aliphatic carbocycles. The highest BCUT2D eigenvalue weighted by atomic mass is 32.2. The summed E-state index contributed by atoms with van der Waals surface area (Å²) >= 11 is 3.05. The number of thiazole rings is 1. The van der Waals surface area contributed by atoms with E-state index in [1.807, 2.05) is 38.1 Å². The van der Waals surface area contributed by atoms with Gasteiger partial charge in [0.1, 0.15) is 23.7 Å². The number of nitrogens with zero attached hydrogens (tertiary/aromatic N) is 1. The molecule has 4 unspecified atom stereocenters. The van der Waals surface area contributed by atoms with Gasteiger partial charge < -0.3 is 19.3 Å². The summed E-state index contributed by atoms with van der Waals surface area (Å²) in [6, 6.07) is 8.00. The first kappa shape index (κ1) is 14.9. The van der Waals surface area contributed by atoms with Crippen molar-refractivity contribution < 1.29 is 19.3 Å². The molecule has 0 spiro atoms. The SMILES string of the molecule is CC1(C)OC2COC(Sc3nc4ccccc4s3)C(O)C2O1. The summed E-state index contributed by atoms with van der Waals surface area (Å²) in [6.45, 7) is 4.13. The molecular formula is C15H17NO4S2. The number of hydrogen-bond acceptors (Lipinski definition) is 7. The van der Waals surface area contributed by atoms with E-state index < -0.39 is 11.9 Å². The Labute approximate surface area is 136 Å². The molecule has 7 heteroatoms. The van der Waals surface area contributed by atoms with E-state index >= 15 is 0 Å². The summed E-state index contributed by atoms with van der Waals surface area (Å²) in [5, 5.41) is 10.5. The van der Waals surface area contributed by atoms with Gasteiger partial charge in [0.25, 0.3) is 0 Å². The number of para-hydroxylation sites is 1. The molecule has 2 fully saturated rings. The summed E-state index contributed by atoms with van der Waals surface area (Å²) in [6.07, 6.45) is -1.30. The average molecular weight is 339 g/mol. The lowest BCUT2D eigenvalue weighted by molar-refractivity contribution is -0.153. The van der Waals surface area contributed by atoms with Gasteiger partial charge in [0.05, 0.1) is 16.8 Å². The molecule has 4 atom stereocenters. The van der Waals surface area contributed by atoms with Crippen molar-refractivity contribution in [3.05, 3.63) is 24.3 Å². The molecular weight excluding hydrogens is 322 g/mol. The molecule has 2 saturated heterocycles. The second-order valence-corrected chi connectivity index (χ2v) is 8.27. The van der Waals surface area contributed by atoms with E-state index in [1.165, 1.54) is 11.8 Å². The van der Waals surface area contributed by atoms with E-state index in [1.54, 1.807) is 11.3 Å². The summed E-state index contributed by atoms with van der Waals surface area (Å²) in [4.78, 5) is 4.57. The summed E-state index contributed by atoms with van der Waals surface area (Å²) < 4.78 is 19.3. The highest BCUT2D eigenvalue weighted by Crippen LogP contribution is 2.40. The minimum atomic E-state index is -0.738. The van der Waals surface area contributed by atoms with Crippen molar-refractivity contribution in [2.75, 3.05) is 6.61 Å². The molecule has 2 aromatic rings. The van der Waals surface area contributed by atoms with Gasteiger partial charge in [-0.05, 0) is 26.0 Å². The first-order chi connectivity index (χ1) is 10.5. The molecule has 118 valence electrons. The molecule has 5 nitrogen and oxygen atoms in total. The van der Waals surface area contributed by atoms with Crippen LogP contribution in [-0.2, 0) is 14.2 Å². The van der Waals surface area contributed by atoms with Crippen LogP contribution in [0.1, 0.15) is 13.8 Å². The average Bonchev–Trinajstić information content (AvgIpc) is 3.01. The number of benzene rings is 1. The minimum absolute atomic E-state index is 0.211. The fourth-order valence-corrected chi connectivity index (χ4v) is 5.06. The molecule has 1 aromatic carbocycles. The standard InChI is InChI=1S/C15H17NO4S2/c1-15(2)19-9-7-18-13(11(17)12(9)20-15)22-14-16-8-5-3-4-6-10(8)21-14/h3-6,9,11-13,17H,7H2,1-2H3. The first-order valence-corrected chi connectivity index (χ1v) is 8.89. The van der Waals surface area contributed by atoms with Crippen LogP contribution < -0.4 is 0 Å². The van der Waals surface area contributed by atoms with Crippen LogP contribution in [0.25, 0.3) is 10.2 Å². The van der Waals surface area contributed by atoms with Crippen molar-refractivity contribution in [3.8, 4) is 0 Å². The molecule has 3 heterocycles. The number of aliphatic hydroxyl groups excluding tert-OH is 1. The normalized spacial score (nSPS) is 34.0. The maximum absolute atomic E-state index is 10.5. The van der Waals surface area contributed by atoms with Crippen LogP contribution in [0.3, 0.4) is 0 Å². The van der Waals surface area contributed by atoms with E-state index in [0.717, 1.165) is 14.6 Å². The van der Waals surface area contributed by atoms with Crippen molar-refractivity contribution in [2.45, 2.75) is 47.7 Å². The van der Waals surface area contributed by atoms with Gasteiger partial charge in [-0.2, -0.15) is 0 Å². The molecule has 2 aliphatic rings. The van der Waals surface area contributed by atoms with Gasteiger partial charge >= 0.3 is 0 Å². The number of rotatable bonds is 2. The van der Waals surface area contributed by atoms with E-state index in [4.69, 9.17) is 14.2 Å². The fourth-order valence-electron chi connectivity index (χ4n) is 2.83. The highest BCUT2D eigenvalue weighted by molar-refractivity contribution is 8.01. The monoisotopic (exact) mass is 339 g/mol. The number of hydrogen-bond donors (Lipinski definition) is 1. The molecule has 1 N–H and O–H groups in total. The zero-order valence-electron chi connectivity index (χ0n) is 12.3. The number of aliphatic hydroxyl groups is 1. The second-order valence-electron chi connectivity index (χ2n) is 5.90. The zero-order chi connectivity index (χ0) is 15.3. The Bertz CT molecular complexity index is 656. The van der Waals surface area contributed by atoms with Crippen molar-refractivity contribution in [1.82, 2.24) is 4.98 Å². The predicted molar refractivity (Wildman–Crippen MR) is 85.0 cm³/mol. The van der Waals surface area contributed by atoms with Gasteiger partial charge in [-0.3, -0.25) is 0 Å². The Hall–Kier alpha value is -0.700. The van der Waals surface area contributed by atoms with E-state index in [2.05, 4.69) is 4.98 Å². The van der Waals surface area contributed by atoms with Crippen molar-refractivity contribution in [2.24, 2.45) is 0 Å². The number of aromatic nitrogens is 1. The lowest BCUT2D eigenvalue weighted by Gasteiger charge is -2.33. The quantitative estimate of drug-likeness (QED) is 0.908. The van der Waals surface area contributed by atoms with Crippen LogP contribution in [-0.4, -0.2) is 46.2 Å². The molecule has 0 bridgehead atoms. The Balaban J connectivity index is 1.51. The van der Waals surface area contributed by atoms with Crippen LogP contribution in [0.15, 0.2) is 28.6 Å². The summed E-state index contributed by atoms with van der Waals surface area (Å²) in [7, 11) is 0. The van der Waals surface area contributed by atoms with Crippen molar-refractivity contribution >= 4 is 33.3 Å². The lowest BCUT2D eigenvalue weighted by atomic mass is 10.1. The second kappa shape index (κ2) is 5.43. The fraction of sp³-hybridized carbons (Fsp3) is 0.533. The first-order valence-electron chi connectivity index (χ1n) is 7.19. The van der Waals surface area contributed by atoms with Crippen LogP contribution in [0, 0.1) is 0 Å². The third kappa shape index (κ3) is 2.66. The number of fused-ring (bicyclic) bond motifs is 2. The smallest absolute Gasteiger partial charge is 0.164 e. The lowest BCUT2D eigenvalue weighted by Crippen LogP contribution is -2.50. The van der Waals surface area contributed by atoms with Crippen LogP contribution in [0.4, 0.5) is 0 Å². The molecule has 0 radical (unpaired) electrons. The maximum atomic E-state index is 10.5. The van der Waals surface area contributed by atoms with Crippen molar-refractivity contribution in [1.29, 1.82) is 0 Å². The van der Waals surface area contributed by atoms with Crippen LogP contribution in [0.5, 0.6) is 0 Å². The zero-order valence-corrected chi connectivity index (χ0v) is 13.9. The van der Waals surface area contributed by atoms with E-state index in [0.29, 0.717) is 6.61 Å². The van der Waals surface area contributed by atoms with Gasteiger partial charge in [0.2, 0.25) is 0 Å². The van der Waals surface area contributed by atoms with E-state index in [9.17, 15) is 5.11 Å². The molecule has 0 amide bonds. The van der Waals surface area contributed by atoms with Gasteiger partial charge in [-0.1, -0.05) is 23.9 Å². The van der Waals surface area contributed by atoms with Gasteiger partial charge in [0.15, 0.2) is 10.1 Å². The number of ether oxygens (including phenoxy) is 3. The van der Waals surface area contributed by atoms with Gasteiger partial charge in [-0.25, -0.2) is 4.98 Å². The van der Waals surface area contributed by atoms with Crippen molar-refractivity contribution in [3.63, 3.8) is 0 Å². The van der Waals surface area contributed by atoms with Crippen LogP contribution >= 0.6 is 23.1 Å². The van der Waals surface area contributed by atoms with E-state index in [-0.39, 0.29) is 17.6 Å². The minimum Gasteiger partial charge on any atom is -0.387 e. The third-order valence-corrected chi connectivity index (χ3v) is 6.06. The summed E-state index contributed by atoms with van der Waals surface area (Å²) in [5.41, 5.74) is 0.582. The maximum Gasteiger partial charge on any atom is 0.164 e. The Morgan fingerprint density at radius 2 is 2.14 bits per heavy atom. The Kier molecular flexibility index (Phi) is 3.67. The molecule has 22 heavy (non-hydrogen) atoms. The predicted octanol–water partition coefficient (Wildman–Crippen LogP) is 2.63. The largest absolute Gasteiger partial charge is 0.387 e. The molecule has 0 saturated carbocycles.